The first-order valence-electron chi connectivity index (χ1n) is 19.1. The van der Waals surface area contributed by atoms with Crippen LogP contribution in [0.5, 0.6) is 5.75 Å². The van der Waals surface area contributed by atoms with Gasteiger partial charge in [0.25, 0.3) is 10.0 Å². The fourth-order valence-corrected chi connectivity index (χ4v) is 7.80. The highest BCUT2D eigenvalue weighted by molar-refractivity contribution is 7.89. The molecule has 0 unspecified atom stereocenters. The average Bonchev–Trinajstić information content (AvgIpc) is 3.78. The highest BCUT2D eigenvalue weighted by atomic mass is 32.2. The standard InChI is InChI=1S/C39H50N6O15S/c1-36(2,3)58-33(47)44(61(50,51)24-17-53-27-21(26(24)46)14-13-15-22(27)54-20-52-12)16-23-28-29(57-39(10,11)56-28)32(55-23)43-19-42-25-30(43)40-18-41-31(25)45(34(48)59-37(4,5)6)35(49)60-38(7,8)9/h13-15,17-19,23,28-29,32H,16,20H2,1-12H3/t23-,28-,29-,32-/m1/s1. The second kappa shape index (κ2) is 16.1. The minimum atomic E-state index is -5.06. The van der Waals surface area contributed by atoms with E-state index in [1.54, 1.807) is 76.2 Å². The van der Waals surface area contributed by atoms with Crippen LogP contribution in [0.25, 0.3) is 22.1 Å². The van der Waals surface area contributed by atoms with Gasteiger partial charge in [-0.1, -0.05) is 6.07 Å². The minimum Gasteiger partial charge on any atom is -0.464 e. The number of hydrogen-bond donors (Lipinski definition) is 0. The highest BCUT2D eigenvalue weighted by Crippen LogP contribution is 2.45. The molecule has 22 heteroatoms. The Labute approximate surface area is 351 Å². The van der Waals surface area contributed by atoms with E-state index in [4.69, 9.17) is 42.3 Å². The Morgan fingerprint density at radius 3 is 2.08 bits per heavy atom. The Bertz CT molecular complexity index is 2470. The van der Waals surface area contributed by atoms with Crippen molar-refractivity contribution < 1.29 is 65.1 Å². The van der Waals surface area contributed by atoms with Gasteiger partial charge in [0.1, 0.15) is 47.7 Å². The van der Waals surface area contributed by atoms with Crippen LogP contribution >= 0.6 is 0 Å². The van der Waals surface area contributed by atoms with Crippen molar-refractivity contribution in [3.8, 4) is 5.75 Å². The molecule has 5 heterocycles. The second-order valence-electron chi connectivity index (χ2n) is 17.6. The smallest absolute Gasteiger partial charge is 0.425 e. The number of benzene rings is 1. The summed E-state index contributed by atoms with van der Waals surface area (Å²) in [6, 6.07) is 4.33. The van der Waals surface area contributed by atoms with Gasteiger partial charge >= 0.3 is 18.3 Å². The summed E-state index contributed by atoms with van der Waals surface area (Å²) in [6.45, 7) is 16.7. The number of imidazole rings is 1. The molecule has 0 saturated carbocycles. The minimum absolute atomic E-state index is 0.0437. The number of para-hydroxylation sites is 1. The van der Waals surface area contributed by atoms with Gasteiger partial charge in [0.15, 0.2) is 52.0 Å². The number of rotatable bonds is 9. The third-order valence-electron chi connectivity index (χ3n) is 8.68. The molecule has 6 rings (SSSR count). The van der Waals surface area contributed by atoms with E-state index < -0.39 is 92.3 Å². The van der Waals surface area contributed by atoms with Crippen LogP contribution in [0.4, 0.5) is 20.2 Å². The fourth-order valence-electron chi connectivity index (χ4n) is 6.48. The maximum atomic E-state index is 14.5. The lowest BCUT2D eigenvalue weighted by atomic mass is 10.1. The van der Waals surface area contributed by atoms with Crippen LogP contribution in [-0.2, 0) is 43.2 Å². The van der Waals surface area contributed by atoms with E-state index in [1.165, 1.54) is 36.2 Å². The predicted molar refractivity (Wildman–Crippen MR) is 213 cm³/mol. The van der Waals surface area contributed by atoms with Crippen LogP contribution < -0.4 is 15.1 Å². The van der Waals surface area contributed by atoms with Gasteiger partial charge in [0, 0.05) is 7.11 Å². The van der Waals surface area contributed by atoms with Crippen molar-refractivity contribution in [2.24, 2.45) is 0 Å². The summed E-state index contributed by atoms with van der Waals surface area (Å²) >= 11 is 0. The number of anilines is 1. The van der Waals surface area contributed by atoms with Crippen molar-refractivity contribution in [2.45, 2.75) is 128 Å². The molecule has 2 aliphatic heterocycles. The third-order valence-corrected chi connectivity index (χ3v) is 10.4. The Hall–Kier alpha value is -5.42. The van der Waals surface area contributed by atoms with E-state index in [0.717, 1.165) is 12.6 Å². The van der Waals surface area contributed by atoms with Gasteiger partial charge in [-0.15, -0.1) is 0 Å². The largest absolute Gasteiger partial charge is 0.464 e. The summed E-state index contributed by atoms with van der Waals surface area (Å²) < 4.78 is 82.6. The number of aromatic nitrogens is 4. The number of sulfonamides is 1. The molecule has 0 bridgehead atoms. The van der Waals surface area contributed by atoms with Crippen LogP contribution in [0, 0.1) is 0 Å². The molecule has 4 aromatic rings. The topological polar surface area (TPSA) is 239 Å². The number of ether oxygens (including phenoxy) is 8. The number of hydrogen-bond acceptors (Lipinski definition) is 18. The van der Waals surface area contributed by atoms with Gasteiger partial charge in [0.05, 0.1) is 18.3 Å². The highest BCUT2D eigenvalue weighted by Gasteiger charge is 2.57. The number of fused-ring (bicyclic) bond motifs is 3. The molecule has 0 spiro atoms. The van der Waals surface area contributed by atoms with E-state index in [9.17, 15) is 27.6 Å². The molecule has 1 aromatic carbocycles. The number of nitrogens with zero attached hydrogens (tertiary/aromatic N) is 6. The number of imide groups is 1. The molecular weight excluding hydrogens is 825 g/mol. The Kier molecular flexibility index (Phi) is 11.9. The average molecular weight is 875 g/mol. The lowest BCUT2D eigenvalue weighted by molar-refractivity contribution is -0.196. The molecule has 61 heavy (non-hydrogen) atoms. The molecule has 0 radical (unpaired) electrons. The van der Waals surface area contributed by atoms with Crippen LogP contribution in [0.3, 0.4) is 0 Å². The third kappa shape index (κ3) is 9.57. The second-order valence-corrected chi connectivity index (χ2v) is 19.4. The van der Waals surface area contributed by atoms with E-state index in [2.05, 4.69) is 15.0 Å². The summed E-state index contributed by atoms with van der Waals surface area (Å²) in [7, 11) is -3.66. The van der Waals surface area contributed by atoms with E-state index in [0.29, 0.717) is 9.21 Å². The molecule has 2 fully saturated rings. The summed E-state index contributed by atoms with van der Waals surface area (Å²) in [5.74, 6) is -1.39. The van der Waals surface area contributed by atoms with Crippen molar-refractivity contribution in [1.82, 2.24) is 23.8 Å². The van der Waals surface area contributed by atoms with E-state index >= 15 is 0 Å². The van der Waals surface area contributed by atoms with Gasteiger partial charge in [-0.25, -0.2) is 37.8 Å². The Balaban J connectivity index is 1.41. The lowest BCUT2D eigenvalue weighted by Crippen LogP contribution is -2.48. The molecular formula is C39H50N6O15S. The first-order valence-corrected chi connectivity index (χ1v) is 20.5. The zero-order valence-corrected chi connectivity index (χ0v) is 36.7. The van der Waals surface area contributed by atoms with Gasteiger partial charge in [-0.3, -0.25) is 9.36 Å². The Morgan fingerprint density at radius 1 is 0.869 bits per heavy atom. The summed E-state index contributed by atoms with van der Waals surface area (Å²) in [5, 5.41) is -0.143. The molecule has 0 aliphatic carbocycles. The van der Waals surface area contributed by atoms with Gasteiger partial charge in [0.2, 0.25) is 5.43 Å². The van der Waals surface area contributed by atoms with Crippen LogP contribution in [0.1, 0.15) is 82.4 Å². The van der Waals surface area contributed by atoms with Crippen molar-refractivity contribution in [1.29, 1.82) is 0 Å². The van der Waals surface area contributed by atoms with Gasteiger partial charge < -0.3 is 42.3 Å². The Morgan fingerprint density at radius 2 is 1.48 bits per heavy atom. The van der Waals surface area contributed by atoms with Gasteiger partial charge in [-0.05, 0) is 88.3 Å². The number of carbonyl (C=O) groups excluding carboxylic acids is 3. The summed E-state index contributed by atoms with van der Waals surface area (Å²) in [6.07, 6.45) is -4.83. The maximum Gasteiger partial charge on any atom is 0.425 e. The zero-order chi connectivity index (χ0) is 45.0. The SMILES string of the molecule is COCOc1cccc2c(=O)c(S(=O)(=O)N(C[C@H]3O[C@@H](n4cnc5c(N(C(=O)OC(C)(C)C)C(=O)OC(C)(C)C)ncnc54)[C@@H]4OC(C)(C)O[C@@H]43)C(=O)OC(C)(C)C)coc12. The lowest BCUT2D eigenvalue weighted by Gasteiger charge is -2.30. The zero-order valence-electron chi connectivity index (χ0n) is 35.9. The summed E-state index contributed by atoms with van der Waals surface area (Å²) in [4.78, 5) is 67.7. The van der Waals surface area contributed by atoms with Crippen molar-refractivity contribution in [3.05, 3.63) is 47.3 Å². The monoisotopic (exact) mass is 874 g/mol. The fraction of sp³-hybridized carbons (Fsp3) is 0.564. The molecule has 332 valence electrons. The number of methoxy groups -OCH3 is 1. The van der Waals surface area contributed by atoms with Crippen molar-refractivity contribution in [3.63, 3.8) is 0 Å². The van der Waals surface area contributed by atoms with E-state index in [-0.39, 0.29) is 40.5 Å². The predicted octanol–water partition coefficient (Wildman–Crippen LogP) is 5.64. The first-order chi connectivity index (χ1) is 28.2. The molecule has 4 atom stereocenters. The number of carbonyl (C=O) groups is 3. The molecule has 2 saturated heterocycles. The molecule has 3 amide bonds. The molecule has 2 aliphatic rings. The van der Waals surface area contributed by atoms with Crippen LogP contribution in [0.2, 0.25) is 0 Å². The molecule has 0 N–H and O–H groups in total. The molecule has 3 aromatic heterocycles. The van der Waals surface area contributed by atoms with Crippen LogP contribution in [0.15, 0.2) is 51.2 Å². The van der Waals surface area contributed by atoms with Crippen molar-refractivity contribution in [2.75, 3.05) is 25.3 Å². The quantitative estimate of drug-likeness (QED) is 0.146. The van der Waals surface area contributed by atoms with Gasteiger partial charge in [-0.2, -0.15) is 9.21 Å². The maximum absolute atomic E-state index is 14.5. The molecule has 21 nitrogen and oxygen atoms in total. The normalized spacial score (nSPS) is 20.3. The summed E-state index contributed by atoms with van der Waals surface area (Å²) in [5.41, 5.74) is -4.22. The van der Waals surface area contributed by atoms with E-state index in [1.807, 2.05) is 0 Å². The first kappa shape index (κ1) is 45.1. The van der Waals surface area contributed by atoms with Crippen LogP contribution in [-0.4, -0.2) is 112 Å². The number of amides is 3. The van der Waals surface area contributed by atoms with Crippen molar-refractivity contribution >= 4 is 56.3 Å².